The van der Waals surface area contributed by atoms with Crippen molar-refractivity contribution in [3.8, 4) is 5.75 Å². The van der Waals surface area contributed by atoms with E-state index in [0.29, 0.717) is 17.0 Å². The van der Waals surface area contributed by atoms with E-state index in [-0.39, 0.29) is 24.9 Å². The molecule has 0 aliphatic rings. The highest BCUT2D eigenvalue weighted by Gasteiger charge is 2.13. The van der Waals surface area contributed by atoms with Crippen molar-refractivity contribution >= 4 is 17.6 Å². The molecule has 0 saturated heterocycles. The Balaban J connectivity index is 2.65. The second-order valence-electron chi connectivity index (χ2n) is 4.25. The Labute approximate surface area is 126 Å². The zero-order valence-corrected chi connectivity index (χ0v) is 12.2. The molecule has 0 heterocycles. The predicted octanol–water partition coefficient (Wildman–Crippen LogP) is 2.51. The Morgan fingerprint density at radius 1 is 1.48 bits per heavy atom. The van der Waals surface area contributed by atoms with E-state index in [4.69, 9.17) is 16.7 Å². The molecule has 0 aromatic heterocycles. The number of aliphatic hydroxyl groups excluding tert-OH is 1. The van der Waals surface area contributed by atoms with Crippen molar-refractivity contribution in [2.75, 3.05) is 6.61 Å². The second kappa shape index (κ2) is 8.63. The van der Waals surface area contributed by atoms with Gasteiger partial charge in [0.05, 0.1) is 12.6 Å². The second-order valence-corrected chi connectivity index (χ2v) is 4.68. The van der Waals surface area contributed by atoms with E-state index in [1.165, 1.54) is 18.2 Å². The summed E-state index contributed by atoms with van der Waals surface area (Å²) in [7, 11) is 0. The minimum atomic E-state index is -2.96. The zero-order valence-electron chi connectivity index (χ0n) is 11.4. The molecular formula is C13H17ClF2N2O3. The fourth-order valence-electron chi connectivity index (χ4n) is 1.59. The van der Waals surface area contributed by atoms with Gasteiger partial charge in [0, 0.05) is 17.1 Å². The molecule has 8 heteroatoms. The fourth-order valence-corrected chi connectivity index (χ4v) is 1.78. The van der Waals surface area contributed by atoms with Crippen LogP contribution in [0.4, 0.5) is 13.6 Å². The van der Waals surface area contributed by atoms with Gasteiger partial charge in [0.15, 0.2) is 0 Å². The van der Waals surface area contributed by atoms with Crippen LogP contribution < -0.4 is 15.4 Å². The van der Waals surface area contributed by atoms with Crippen LogP contribution in [0, 0.1) is 0 Å². The monoisotopic (exact) mass is 322 g/mol. The lowest BCUT2D eigenvalue weighted by atomic mass is 10.2. The maximum absolute atomic E-state index is 12.3. The number of rotatable bonds is 7. The third-order valence-electron chi connectivity index (χ3n) is 2.73. The highest BCUT2D eigenvalue weighted by atomic mass is 35.5. The molecule has 0 aliphatic carbocycles. The van der Waals surface area contributed by atoms with E-state index in [0.717, 1.165) is 0 Å². The first-order chi connectivity index (χ1) is 9.96. The maximum Gasteiger partial charge on any atom is 0.387 e. The molecule has 0 saturated carbocycles. The Hall–Kier alpha value is -1.60. The molecule has 0 fully saturated rings. The van der Waals surface area contributed by atoms with Crippen molar-refractivity contribution in [2.45, 2.75) is 32.5 Å². The molecule has 0 aliphatic heterocycles. The van der Waals surface area contributed by atoms with Crippen LogP contribution in [0.2, 0.25) is 5.02 Å². The number of ether oxygens (including phenoxy) is 1. The molecule has 0 bridgehead atoms. The average Bonchev–Trinajstić information content (AvgIpc) is 2.44. The number of carbonyl (C=O) groups is 1. The van der Waals surface area contributed by atoms with Crippen LogP contribution in [0.3, 0.4) is 0 Å². The molecule has 2 amide bonds. The molecule has 1 unspecified atom stereocenters. The number of nitrogens with one attached hydrogen (secondary N) is 2. The largest absolute Gasteiger partial charge is 0.434 e. The van der Waals surface area contributed by atoms with E-state index in [1.807, 2.05) is 6.92 Å². The van der Waals surface area contributed by atoms with E-state index in [1.54, 1.807) is 0 Å². The number of alkyl halides is 2. The molecule has 1 aromatic rings. The Morgan fingerprint density at radius 3 is 2.76 bits per heavy atom. The number of hydrogen-bond acceptors (Lipinski definition) is 3. The maximum atomic E-state index is 12.3. The standard InChI is InChI=1S/C13H17ClF2N2O3/c1-2-10(7-19)18-13(20)17-6-8-5-9(14)3-4-11(8)21-12(15)16/h3-5,10,12,19H,2,6-7H2,1H3,(H2,17,18,20). The quantitative estimate of drug-likeness (QED) is 0.722. The summed E-state index contributed by atoms with van der Waals surface area (Å²) in [6, 6.07) is 3.29. The first-order valence-corrected chi connectivity index (χ1v) is 6.72. The van der Waals surface area contributed by atoms with Gasteiger partial charge >= 0.3 is 12.6 Å². The number of carbonyl (C=O) groups excluding carboxylic acids is 1. The molecule has 0 spiro atoms. The Kier molecular flexibility index (Phi) is 7.18. The van der Waals surface area contributed by atoms with Crippen LogP contribution in [0.5, 0.6) is 5.75 Å². The van der Waals surface area contributed by atoms with Crippen molar-refractivity contribution < 1.29 is 23.4 Å². The van der Waals surface area contributed by atoms with Gasteiger partial charge in [-0.3, -0.25) is 0 Å². The van der Waals surface area contributed by atoms with Crippen molar-refractivity contribution in [2.24, 2.45) is 0 Å². The van der Waals surface area contributed by atoms with Gasteiger partial charge in [0.1, 0.15) is 5.75 Å². The molecule has 5 nitrogen and oxygen atoms in total. The van der Waals surface area contributed by atoms with Crippen molar-refractivity contribution in [3.05, 3.63) is 28.8 Å². The molecular weight excluding hydrogens is 306 g/mol. The molecule has 1 atom stereocenters. The topological polar surface area (TPSA) is 70.6 Å². The normalized spacial score (nSPS) is 12.1. The molecule has 1 aromatic carbocycles. The highest BCUT2D eigenvalue weighted by molar-refractivity contribution is 6.30. The summed E-state index contributed by atoms with van der Waals surface area (Å²) < 4.78 is 28.9. The minimum absolute atomic E-state index is 0.0314. The van der Waals surface area contributed by atoms with Crippen molar-refractivity contribution in [1.29, 1.82) is 0 Å². The van der Waals surface area contributed by atoms with Crippen LogP contribution >= 0.6 is 11.6 Å². The SMILES string of the molecule is CCC(CO)NC(=O)NCc1cc(Cl)ccc1OC(F)F. The summed E-state index contributed by atoms with van der Waals surface area (Å²) in [6.07, 6.45) is 0.570. The predicted molar refractivity (Wildman–Crippen MR) is 74.6 cm³/mol. The van der Waals surface area contributed by atoms with E-state index in [2.05, 4.69) is 15.4 Å². The lowest BCUT2D eigenvalue weighted by Gasteiger charge is -2.16. The number of halogens is 3. The summed E-state index contributed by atoms with van der Waals surface area (Å²) in [5, 5.41) is 14.4. The number of benzene rings is 1. The summed E-state index contributed by atoms with van der Waals surface area (Å²) in [5.74, 6) is -0.0519. The van der Waals surface area contributed by atoms with Crippen LogP contribution in [0.1, 0.15) is 18.9 Å². The van der Waals surface area contributed by atoms with Gasteiger partial charge in [-0.2, -0.15) is 8.78 Å². The fraction of sp³-hybridized carbons (Fsp3) is 0.462. The molecule has 1 rings (SSSR count). The Bertz CT molecular complexity index is 471. The number of amides is 2. The van der Waals surface area contributed by atoms with Gasteiger partial charge in [-0.05, 0) is 24.6 Å². The van der Waals surface area contributed by atoms with Gasteiger partial charge in [-0.1, -0.05) is 18.5 Å². The van der Waals surface area contributed by atoms with Gasteiger partial charge in [0.2, 0.25) is 0 Å². The highest BCUT2D eigenvalue weighted by Crippen LogP contribution is 2.24. The first kappa shape index (κ1) is 17.5. The van der Waals surface area contributed by atoms with Gasteiger partial charge in [0.25, 0.3) is 0 Å². The molecule has 3 N–H and O–H groups in total. The average molecular weight is 323 g/mol. The van der Waals surface area contributed by atoms with Crippen molar-refractivity contribution in [1.82, 2.24) is 10.6 Å². The molecule has 118 valence electrons. The number of aliphatic hydroxyl groups is 1. The number of urea groups is 1. The molecule has 0 radical (unpaired) electrons. The number of hydrogen-bond donors (Lipinski definition) is 3. The minimum Gasteiger partial charge on any atom is -0.434 e. The summed E-state index contributed by atoms with van der Waals surface area (Å²) >= 11 is 5.79. The van der Waals surface area contributed by atoms with Crippen LogP contribution in [0.15, 0.2) is 18.2 Å². The van der Waals surface area contributed by atoms with Crippen LogP contribution in [-0.2, 0) is 6.54 Å². The summed E-state index contributed by atoms with van der Waals surface area (Å²) in [5.41, 5.74) is 0.329. The first-order valence-electron chi connectivity index (χ1n) is 6.34. The zero-order chi connectivity index (χ0) is 15.8. The van der Waals surface area contributed by atoms with Gasteiger partial charge < -0.3 is 20.5 Å². The lowest BCUT2D eigenvalue weighted by molar-refractivity contribution is -0.0504. The smallest absolute Gasteiger partial charge is 0.387 e. The van der Waals surface area contributed by atoms with Gasteiger partial charge in [-0.25, -0.2) is 4.79 Å². The van der Waals surface area contributed by atoms with Crippen molar-refractivity contribution in [3.63, 3.8) is 0 Å². The van der Waals surface area contributed by atoms with Gasteiger partial charge in [-0.15, -0.1) is 0 Å². The summed E-state index contributed by atoms with van der Waals surface area (Å²) in [6.45, 7) is -1.36. The lowest BCUT2D eigenvalue weighted by Crippen LogP contribution is -2.43. The van der Waals surface area contributed by atoms with E-state index in [9.17, 15) is 13.6 Å². The summed E-state index contributed by atoms with van der Waals surface area (Å²) in [4.78, 5) is 11.6. The van der Waals surface area contributed by atoms with Crippen LogP contribution in [-0.4, -0.2) is 30.4 Å². The van der Waals surface area contributed by atoms with E-state index >= 15 is 0 Å². The third-order valence-corrected chi connectivity index (χ3v) is 2.96. The van der Waals surface area contributed by atoms with E-state index < -0.39 is 12.6 Å². The third kappa shape index (κ3) is 6.14. The van der Waals surface area contributed by atoms with Crippen LogP contribution in [0.25, 0.3) is 0 Å². The molecule has 21 heavy (non-hydrogen) atoms. The Morgan fingerprint density at radius 2 is 2.19 bits per heavy atom.